The summed E-state index contributed by atoms with van der Waals surface area (Å²) in [5.41, 5.74) is 7.42. The predicted octanol–water partition coefficient (Wildman–Crippen LogP) is 3.60. The maximum absolute atomic E-state index is 6.07. The molecule has 2 N–H and O–H groups in total. The molecule has 16 heavy (non-hydrogen) atoms. The normalized spacial score (nSPS) is 24.9. The first-order valence-corrected chi connectivity index (χ1v) is 7.19. The molecule has 2 unspecified atom stereocenters. The quantitative estimate of drug-likeness (QED) is 0.807. The fraction of sp³-hybridized carbons (Fsp3) is 0.571. The van der Waals surface area contributed by atoms with Crippen molar-refractivity contribution in [1.29, 1.82) is 0 Å². The Morgan fingerprint density at radius 3 is 2.94 bits per heavy atom. The molecule has 2 atom stereocenters. The van der Waals surface area contributed by atoms with Gasteiger partial charge in [-0.3, -0.25) is 0 Å². The van der Waals surface area contributed by atoms with Crippen LogP contribution in [0.4, 0.5) is 0 Å². The predicted molar refractivity (Wildman–Crippen MR) is 71.8 cm³/mol. The Labute approximate surface area is 103 Å². The van der Waals surface area contributed by atoms with Crippen LogP contribution in [0.5, 0.6) is 0 Å². The smallest absolute Gasteiger partial charge is 0.00745 e. The summed E-state index contributed by atoms with van der Waals surface area (Å²) in [6.45, 7) is 2.15. The van der Waals surface area contributed by atoms with Gasteiger partial charge in [0.25, 0.3) is 0 Å². The maximum atomic E-state index is 6.07. The van der Waals surface area contributed by atoms with Gasteiger partial charge >= 0.3 is 0 Å². The number of rotatable bonds is 4. The van der Waals surface area contributed by atoms with Crippen molar-refractivity contribution in [3.8, 4) is 0 Å². The number of nitrogens with two attached hydrogens (primary N) is 1. The van der Waals surface area contributed by atoms with Gasteiger partial charge in [0, 0.05) is 10.9 Å². The number of thioether (sulfide) groups is 1. The summed E-state index contributed by atoms with van der Waals surface area (Å²) in [6, 6.07) is 9.22. The Hall–Kier alpha value is -0.470. The summed E-state index contributed by atoms with van der Waals surface area (Å²) in [7, 11) is 0. The van der Waals surface area contributed by atoms with Gasteiger partial charge in [-0.25, -0.2) is 0 Å². The largest absolute Gasteiger partial charge is 0.327 e. The van der Waals surface area contributed by atoms with E-state index in [1.54, 1.807) is 0 Å². The van der Waals surface area contributed by atoms with E-state index in [0.29, 0.717) is 6.04 Å². The van der Waals surface area contributed by atoms with E-state index in [4.69, 9.17) is 5.73 Å². The second kappa shape index (κ2) is 5.74. The van der Waals surface area contributed by atoms with E-state index in [2.05, 4.69) is 31.2 Å². The van der Waals surface area contributed by atoms with Crippen molar-refractivity contribution in [2.24, 2.45) is 11.7 Å². The van der Waals surface area contributed by atoms with Crippen LogP contribution in [0.25, 0.3) is 0 Å². The Morgan fingerprint density at radius 1 is 1.38 bits per heavy atom. The standard InChI is InChI=1S/C14H21NS/c1-11-4-2-6-13(10-11)16-9-8-12-5-3-7-14(12)15/h2,4,6,10,12,14H,3,5,7-9,15H2,1H3. The molecule has 2 heteroatoms. The Bertz CT molecular complexity index is 337. The summed E-state index contributed by atoms with van der Waals surface area (Å²) in [5.74, 6) is 1.99. The molecule has 1 aromatic carbocycles. The first-order chi connectivity index (χ1) is 7.75. The van der Waals surface area contributed by atoms with E-state index in [0.717, 1.165) is 5.92 Å². The van der Waals surface area contributed by atoms with Crippen molar-refractivity contribution < 1.29 is 0 Å². The van der Waals surface area contributed by atoms with Gasteiger partial charge < -0.3 is 5.73 Å². The van der Waals surface area contributed by atoms with E-state index in [9.17, 15) is 0 Å². The molecule has 1 saturated carbocycles. The number of hydrogen-bond donors (Lipinski definition) is 1. The van der Waals surface area contributed by atoms with Crippen molar-refractivity contribution in [2.75, 3.05) is 5.75 Å². The molecule has 0 heterocycles. The topological polar surface area (TPSA) is 26.0 Å². The minimum atomic E-state index is 0.470. The molecule has 88 valence electrons. The summed E-state index contributed by atoms with van der Waals surface area (Å²) in [4.78, 5) is 1.39. The monoisotopic (exact) mass is 235 g/mol. The Morgan fingerprint density at radius 2 is 2.25 bits per heavy atom. The zero-order chi connectivity index (χ0) is 11.4. The Kier molecular flexibility index (Phi) is 4.30. The van der Waals surface area contributed by atoms with E-state index < -0.39 is 0 Å². The van der Waals surface area contributed by atoms with Crippen molar-refractivity contribution in [1.82, 2.24) is 0 Å². The zero-order valence-electron chi connectivity index (χ0n) is 9.99. The third kappa shape index (κ3) is 3.26. The highest BCUT2D eigenvalue weighted by Crippen LogP contribution is 2.29. The minimum Gasteiger partial charge on any atom is -0.327 e. The van der Waals surface area contributed by atoms with Crippen LogP contribution in [0.2, 0.25) is 0 Å². The molecule has 1 aromatic rings. The van der Waals surface area contributed by atoms with Crippen LogP contribution in [0.15, 0.2) is 29.2 Å². The minimum absolute atomic E-state index is 0.470. The molecule has 1 aliphatic rings. The highest BCUT2D eigenvalue weighted by Gasteiger charge is 2.22. The summed E-state index contributed by atoms with van der Waals surface area (Å²) >= 11 is 1.97. The van der Waals surface area contributed by atoms with E-state index in [1.807, 2.05) is 11.8 Å². The van der Waals surface area contributed by atoms with Gasteiger partial charge in [-0.05, 0) is 50.0 Å². The average Bonchev–Trinajstić information content (AvgIpc) is 2.65. The molecule has 0 spiro atoms. The van der Waals surface area contributed by atoms with Crippen molar-refractivity contribution in [2.45, 2.75) is 43.5 Å². The molecule has 1 nitrogen and oxygen atoms in total. The lowest BCUT2D eigenvalue weighted by Gasteiger charge is -2.14. The van der Waals surface area contributed by atoms with Crippen LogP contribution >= 0.6 is 11.8 Å². The molecule has 1 aliphatic carbocycles. The molecule has 2 rings (SSSR count). The molecule has 0 aromatic heterocycles. The zero-order valence-corrected chi connectivity index (χ0v) is 10.8. The molecular weight excluding hydrogens is 214 g/mol. The van der Waals surface area contributed by atoms with E-state index in [-0.39, 0.29) is 0 Å². The fourth-order valence-corrected chi connectivity index (χ4v) is 3.56. The first kappa shape index (κ1) is 12.0. The van der Waals surface area contributed by atoms with Gasteiger partial charge in [0.1, 0.15) is 0 Å². The van der Waals surface area contributed by atoms with Crippen LogP contribution in [-0.2, 0) is 0 Å². The number of aryl methyl sites for hydroxylation is 1. The van der Waals surface area contributed by atoms with Gasteiger partial charge in [-0.2, -0.15) is 0 Å². The van der Waals surface area contributed by atoms with Gasteiger partial charge in [0.15, 0.2) is 0 Å². The van der Waals surface area contributed by atoms with Crippen molar-refractivity contribution in [3.05, 3.63) is 29.8 Å². The summed E-state index contributed by atoms with van der Waals surface area (Å²) in [5, 5.41) is 0. The second-order valence-corrected chi connectivity index (χ2v) is 5.98. The lowest BCUT2D eigenvalue weighted by Crippen LogP contribution is -2.24. The lowest BCUT2D eigenvalue weighted by molar-refractivity contribution is 0.470. The third-order valence-electron chi connectivity index (χ3n) is 3.46. The second-order valence-electron chi connectivity index (χ2n) is 4.81. The third-order valence-corrected chi connectivity index (χ3v) is 4.49. The van der Waals surface area contributed by atoms with Gasteiger partial charge in [0.05, 0.1) is 0 Å². The molecule has 0 radical (unpaired) electrons. The van der Waals surface area contributed by atoms with Crippen LogP contribution in [0.1, 0.15) is 31.2 Å². The van der Waals surface area contributed by atoms with E-state index in [1.165, 1.54) is 41.9 Å². The molecule has 0 amide bonds. The molecule has 0 bridgehead atoms. The van der Waals surface area contributed by atoms with Crippen molar-refractivity contribution >= 4 is 11.8 Å². The summed E-state index contributed by atoms with van der Waals surface area (Å²) < 4.78 is 0. The highest BCUT2D eigenvalue weighted by molar-refractivity contribution is 7.99. The SMILES string of the molecule is Cc1cccc(SCCC2CCCC2N)c1. The van der Waals surface area contributed by atoms with Gasteiger partial charge in [-0.15, -0.1) is 11.8 Å². The maximum Gasteiger partial charge on any atom is 0.00745 e. The van der Waals surface area contributed by atoms with Gasteiger partial charge in [0.2, 0.25) is 0 Å². The van der Waals surface area contributed by atoms with Crippen molar-refractivity contribution in [3.63, 3.8) is 0 Å². The van der Waals surface area contributed by atoms with Crippen LogP contribution < -0.4 is 5.73 Å². The lowest BCUT2D eigenvalue weighted by atomic mass is 10.0. The van der Waals surface area contributed by atoms with Crippen LogP contribution in [0.3, 0.4) is 0 Å². The molecular formula is C14H21NS. The molecule has 0 aliphatic heterocycles. The highest BCUT2D eigenvalue weighted by atomic mass is 32.2. The van der Waals surface area contributed by atoms with Gasteiger partial charge in [-0.1, -0.05) is 24.1 Å². The molecule has 0 saturated heterocycles. The first-order valence-electron chi connectivity index (χ1n) is 6.21. The molecule has 1 fully saturated rings. The Balaban J connectivity index is 1.75. The van der Waals surface area contributed by atoms with Crippen LogP contribution in [0, 0.1) is 12.8 Å². The van der Waals surface area contributed by atoms with Crippen LogP contribution in [-0.4, -0.2) is 11.8 Å². The number of benzene rings is 1. The number of hydrogen-bond acceptors (Lipinski definition) is 2. The average molecular weight is 235 g/mol. The van der Waals surface area contributed by atoms with E-state index >= 15 is 0 Å². The summed E-state index contributed by atoms with van der Waals surface area (Å²) in [6.07, 6.45) is 5.19. The fourth-order valence-electron chi connectivity index (χ4n) is 2.46.